The average Bonchev–Trinajstić information content (AvgIpc) is 3.34. The van der Waals surface area contributed by atoms with E-state index in [4.69, 9.17) is 4.42 Å². The van der Waals surface area contributed by atoms with Gasteiger partial charge in [0.25, 0.3) is 11.8 Å². The Kier molecular flexibility index (Phi) is 7.97. The SMILES string of the molecule is CCN(CC)c1ccc(/C=C(\NC(=O)c2ccccc2)C(=O)N/N=C/c2ccco2)cc1. The Morgan fingerprint density at radius 2 is 1.69 bits per heavy atom. The molecule has 7 nitrogen and oxygen atoms in total. The van der Waals surface area contributed by atoms with Gasteiger partial charge in [-0.1, -0.05) is 30.3 Å². The molecule has 32 heavy (non-hydrogen) atoms. The monoisotopic (exact) mass is 430 g/mol. The van der Waals surface area contributed by atoms with Crippen molar-refractivity contribution in [3.63, 3.8) is 0 Å². The fourth-order valence-electron chi connectivity index (χ4n) is 3.06. The van der Waals surface area contributed by atoms with Crippen LogP contribution in [0.1, 0.15) is 35.5 Å². The lowest BCUT2D eigenvalue weighted by Gasteiger charge is -2.20. The molecule has 0 aliphatic rings. The van der Waals surface area contributed by atoms with E-state index in [-0.39, 0.29) is 11.6 Å². The van der Waals surface area contributed by atoms with Gasteiger partial charge in [-0.15, -0.1) is 0 Å². The second kappa shape index (κ2) is 11.3. The summed E-state index contributed by atoms with van der Waals surface area (Å²) in [6.07, 6.45) is 4.51. The molecule has 0 atom stereocenters. The summed E-state index contributed by atoms with van der Waals surface area (Å²) in [7, 11) is 0. The van der Waals surface area contributed by atoms with Gasteiger partial charge in [-0.3, -0.25) is 9.59 Å². The predicted molar refractivity (Wildman–Crippen MR) is 126 cm³/mol. The molecule has 164 valence electrons. The van der Waals surface area contributed by atoms with Crippen molar-refractivity contribution in [2.45, 2.75) is 13.8 Å². The minimum Gasteiger partial charge on any atom is -0.463 e. The number of nitrogens with one attached hydrogen (secondary N) is 2. The maximum Gasteiger partial charge on any atom is 0.287 e. The van der Waals surface area contributed by atoms with Crippen LogP contribution in [0.2, 0.25) is 0 Å². The third-order valence-electron chi connectivity index (χ3n) is 4.76. The van der Waals surface area contributed by atoms with Gasteiger partial charge in [-0.25, -0.2) is 5.43 Å². The van der Waals surface area contributed by atoms with E-state index in [1.54, 1.807) is 42.5 Å². The van der Waals surface area contributed by atoms with Crippen LogP contribution >= 0.6 is 0 Å². The summed E-state index contributed by atoms with van der Waals surface area (Å²) >= 11 is 0. The quantitative estimate of drug-likeness (QED) is 0.305. The lowest BCUT2D eigenvalue weighted by Crippen LogP contribution is -2.32. The number of carbonyl (C=O) groups excluding carboxylic acids is 2. The molecule has 0 radical (unpaired) electrons. The summed E-state index contributed by atoms with van der Waals surface area (Å²) in [5, 5.41) is 6.59. The van der Waals surface area contributed by atoms with Crippen LogP contribution in [0, 0.1) is 0 Å². The van der Waals surface area contributed by atoms with E-state index in [0.29, 0.717) is 11.3 Å². The number of nitrogens with zero attached hydrogens (tertiary/aromatic N) is 2. The maximum absolute atomic E-state index is 12.8. The Morgan fingerprint density at radius 1 is 0.969 bits per heavy atom. The molecule has 0 spiro atoms. The summed E-state index contributed by atoms with van der Waals surface area (Å²) in [6.45, 7) is 6.00. The summed E-state index contributed by atoms with van der Waals surface area (Å²) in [5.74, 6) is -0.442. The molecular weight excluding hydrogens is 404 g/mol. The van der Waals surface area contributed by atoms with Crippen molar-refractivity contribution in [1.29, 1.82) is 0 Å². The van der Waals surface area contributed by atoms with Gasteiger partial charge in [0.05, 0.1) is 12.5 Å². The largest absolute Gasteiger partial charge is 0.463 e. The number of benzene rings is 2. The molecule has 0 bridgehead atoms. The van der Waals surface area contributed by atoms with Crippen molar-refractivity contribution >= 4 is 29.8 Å². The van der Waals surface area contributed by atoms with E-state index in [0.717, 1.165) is 24.3 Å². The predicted octanol–water partition coefficient (Wildman–Crippen LogP) is 4.05. The first-order chi connectivity index (χ1) is 15.6. The van der Waals surface area contributed by atoms with Gasteiger partial charge in [0.2, 0.25) is 0 Å². The molecule has 2 N–H and O–H groups in total. The van der Waals surface area contributed by atoms with Crippen LogP contribution in [0.15, 0.2) is 88.2 Å². The maximum atomic E-state index is 12.8. The van der Waals surface area contributed by atoms with Gasteiger partial charge >= 0.3 is 0 Å². The number of hydrazone groups is 1. The molecule has 2 aromatic carbocycles. The highest BCUT2D eigenvalue weighted by Gasteiger charge is 2.14. The minimum atomic E-state index is -0.551. The van der Waals surface area contributed by atoms with E-state index in [1.807, 2.05) is 30.3 Å². The molecule has 3 rings (SSSR count). The standard InChI is InChI=1S/C25H26N4O3/c1-3-29(4-2)21-14-12-19(13-15-21)17-23(27-24(30)20-9-6-5-7-10-20)25(31)28-26-18-22-11-8-16-32-22/h5-18H,3-4H2,1-2H3,(H,27,30)(H,28,31)/b23-17-,26-18+. The van der Waals surface area contributed by atoms with E-state index in [1.165, 1.54) is 12.5 Å². The van der Waals surface area contributed by atoms with Crippen LogP contribution in [0.5, 0.6) is 0 Å². The van der Waals surface area contributed by atoms with Crippen molar-refractivity contribution in [2.24, 2.45) is 5.10 Å². The Hall–Kier alpha value is -4.13. The lowest BCUT2D eigenvalue weighted by molar-refractivity contribution is -0.117. The lowest BCUT2D eigenvalue weighted by atomic mass is 10.1. The highest BCUT2D eigenvalue weighted by Crippen LogP contribution is 2.16. The van der Waals surface area contributed by atoms with E-state index < -0.39 is 5.91 Å². The van der Waals surface area contributed by atoms with Gasteiger partial charge in [0, 0.05) is 24.3 Å². The molecule has 0 saturated heterocycles. The van der Waals surface area contributed by atoms with Crippen LogP contribution in [0.4, 0.5) is 5.69 Å². The summed E-state index contributed by atoms with van der Waals surface area (Å²) in [5.41, 5.74) is 4.81. The van der Waals surface area contributed by atoms with Gasteiger partial charge in [0.1, 0.15) is 11.5 Å². The molecule has 0 aliphatic heterocycles. The van der Waals surface area contributed by atoms with Crippen LogP contribution in [0.25, 0.3) is 6.08 Å². The molecule has 1 aromatic heterocycles. The molecule has 2 amide bonds. The fraction of sp³-hybridized carbons (Fsp3) is 0.160. The minimum absolute atomic E-state index is 0.0750. The zero-order valence-corrected chi connectivity index (χ0v) is 18.1. The van der Waals surface area contributed by atoms with Crippen LogP contribution in [0.3, 0.4) is 0 Å². The van der Waals surface area contributed by atoms with E-state index in [9.17, 15) is 9.59 Å². The molecule has 7 heteroatoms. The van der Waals surface area contributed by atoms with Gasteiger partial charge in [-0.05, 0) is 61.9 Å². The molecule has 3 aromatic rings. The first-order valence-corrected chi connectivity index (χ1v) is 10.4. The number of hydrogen-bond acceptors (Lipinski definition) is 5. The van der Waals surface area contributed by atoms with Crippen molar-refractivity contribution in [2.75, 3.05) is 18.0 Å². The number of anilines is 1. The van der Waals surface area contributed by atoms with Gasteiger partial charge in [0.15, 0.2) is 0 Å². The number of furan rings is 1. The molecule has 0 aliphatic carbocycles. The third-order valence-corrected chi connectivity index (χ3v) is 4.76. The zero-order valence-electron chi connectivity index (χ0n) is 18.1. The smallest absolute Gasteiger partial charge is 0.287 e. The van der Waals surface area contributed by atoms with Crippen LogP contribution < -0.4 is 15.6 Å². The summed E-state index contributed by atoms with van der Waals surface area (Å²) < 4.78 is 5.15. The van der Waals surface area contributed by atoms with E-state index >= 15 is 0 Å². The number of rotatable bonds is 9. The number of amides is 2. The van der Waals surface area contributed by atoms with Crippen molar-refractivity contribution < 1.29 is 14.0 Å². The van der Waals surface area contributed by atoms with Crippen LogP contribution in [-0.4, -0.2) is 31.1 Å². The van der Waals surface area contributed by atoms with Crippen molar-refractivity contribution in [3.05, 3.63) is 95.6 Å². The van der Waals surface area contributed by atoms with E-state index in [2.05, 4.69) is 34.6 Å². The first-order valence-electron chi connectivity index (χ1n) is 10.4. The normalized spacial score (nSPS) is 11.4. The Bertz CT molecular complexity index is 1070. The highest BCUT2D eigenvalue weighted by molar-refractivity contribution is 6.05. The molecule has 0 fully saturated rings. The van der Waals surface area contributed by atoms with Crippen LogP contribution in [-0.2, 0) is 4.79 Å². The van der Waals surface area contributed by atoms with Crippen molar-refractivity contribution in [3.8, 4) is 0 Å². The number of carbonyl (C=O) groups is 2. The topological polar surface area (TPSA) is 86.9 Å². The molecule has 0 saturated carbocycles. The third kappa shape index (κ3) is 6.18. The second-order valence-corrected chi connectivity index (χ2v) is 6.86. The average molecular weight is 431 g/mol. The Balaban J connectivity index is 1.81. The second-order valence-electron chi connectivity index (χ2n) is 6.86. The van der Waals surface area contributed by atoms with Gasteiger partial charge < -0.3 is 14.6 Å². The number of hydrogen-bond donors (Lipinski definition) is 2. The Labute approximate surface area is 187 Å². The summed E-state index contributed by atoms with van der Waals surface area (Å²) in [4.78, 5) is 27.6. The first kappa shape index (κ1) is 22.6. The van der Waals surface area contributed by atoms with Crippen molar-refractivity contribution in [1.82, 2.24) is 10.7 Å². The Morgan fingerprint density at radius 3 is 2.31 bits per heavy atom. The highest BCUT2D eigenvalue weighted by atomic mass is 16.3. The fourth-order valence-corrected chi connectivity index (χ4v) is 3.06. The zero-order chi connectivity index (χ0) is 22.8. The molecular formula is C25H26N4O3. The summed E-state index contributed by atoms with van der Waals surface area (Å²) in [6, 6.07) is 19.9. The molecule has 1 heterocycles. The molecule has 0 unspecified atom stereocenters. The van der Waals surface area contributed by atoms with Gasteiger partial charge in [-0.2, -0.15) is 5.10 Å².